The summed E-state index contributed by atoms with van der Waals surface area (Å²) in [5.41, 5.74) is 3.49. The molecule has 1 aliphatic heterocycles. The summed E-state index contributed by atoms with van der Waals surface area (Å²) in [6.07, 6.45) is 3.68. The van der Waals surface area contributed by atoms with Gasteiger partial charge < -0.3 is 19.1 Å². The number of aromatic nitrogens is 3. The van der Waals surface area contributed by atoms with E-state index in [-0.39, 0.29) is 5.82 Å². The largest absolute Gasteiger partial charge is 0.481 e. The van der Waals surface area contributed by atoms with Crippen LogP contribution in [0, 0.1) is 18.2 Å². The number of hydrogen-bond acceptors (Lipinski definition) is 6. The van der Waals surface area contributed by atoms with E-state index in [0.29, 0.717) is 23.6 Å². The van der Waals surface area contributed by atoms with Crippen molar-refractivity contribution in [1.82, 2.24) is 19.3 Å². The summed E-state index contributed by atoms with van der Waals surface area (Å²) in [6, 6.07) is 9.36. The highest BCUT2D eigenvalue weighted by Gasteiger charge is 2.31. The van der Waals surface area contributed by atoms with Gasteiger partial charge in [-0.25, -0.2) is 14.4 Å². The molecule has 4 heterocycles. The number of aryl methyl sites for hydroxylation is 1. The Labute approximate surface area is 208 Å². The number of pyridine rings is 2. The summed E-state index contributed by atoms with van der Waals surface area (Å²) in [6.45, 7) is 8.86. The summed E-state index contributed by atoms with van der Waals surface area (Å²) in [5.74, 6) is -0.691. The minimum absolute atomic E-state index is 0.298. The van der Waals surface area contributed by atoms with E-state index in [1.165, 1.54) is 6.07 Å². The lowest BCUT2D eigenvalue weighted by molar-refractivity contribution is -0.148. The highest BCUT2D eigenvalue weighted by molar-refractivity contribution is 6.01. The van der Waals surface area contributed by atoms with Crippen LogP contribution in [0.3, 0.4) is 0 Å². The second-order valence-electron chi connectivity index (χ2n) is 10.0. The highest BCUT2D eigenvalue weighted by atomic mass is 19.1. The summed E-state index contributed by atoms with van der Waals surface area (Å²) >= 11 is 0. The number of ether oxygens (including phenoxy) is 1. The lowest BCUT2D eigenvalue weighted by Crippen LogP contribution is -2.50. The molecule has 188 valence electrons. The van der Waals surface area contributed by atoms with E-state index < -0.39 is 11.4 Å². The number of anilines is 1. The molecule has 0 saturated carbocycles. The molecule has 0 atom stereocenters. The first-order valence-corrected chi connectivity index (χ1v) is 12.0. The number of benzene rings is 1. The molecule has 4 aromatic rings. The fraction of sp³-hybridized carbons (Fsp3) is 0.370. The van der Waals surface area contributed by atoms with Crippen molar-refractivity contribution in [2.45, 2.75) is 20.8 Å². The van der Waals surface area contributed by atoms with Crippen LogP contribution in [0.15, 0.2) is 42.7 Å². The number of halogens is 1. The smallest absolute Gasteiger partial charge is 0.310 e. The zero-order valence-corrected chi connectivity index (χ0v) is 21.0. The van der Waals surface area contributed by atoms with Crippen LogP contribution in [0.5, 0.6) is 5.88 Å². The van der Waals surface area contributed by atoms with Crippen molar-refractivity contribution >= 4 is 28.2 Å². The molecule has 9 heteroatoms. The van der Waals surface area contributed by atoms with E-state index >= 15 is 0 Å². The van der Waals surface area contributed by atoms with Gasteiger partial charge in [0.2, 0.25) is 5.88 Å². The summed E-state index contributed by atoms with van der Waals surface area (Å²) in [7, 11) is 1.59. The Kier molecular flexibility index (Phi) is 6.04. The minimum Gasteiger partial charge on any atom is -0.481 e. The maximum atomic E-state index is 14.9. The zero-order chi connectivity index (χ0) is 25.6. The topological polar surface area (TPSA) is 83.2 Å². The molecular weight excluding hydrogens is 461 g/mol. The third kappa shape index (κ3) is 4.35. The predicted molar refractivity (Wildman–Crippen MR) is 137 cm³/mol. The van der Waals surface area contributed by atoms with Crippen LogP contribution in [0.4, 0.5) is 10.1 Å². The number of carboxylic acids is 1. The van der Waals surface area contributed by atoms with E-state index in [4.69, 9.17) is 9.72 Å². The molecule has 36 heavy (non-hydrogen) atoms. The fourth-order valence-electron chi connectivity index (χ4n) is 4.91. The van der Waals surface area contributed by atoms with E-state index in [1.54, 1.807) is 31.6 Å². The van der Waals surface area contributed by atoms with Gasteiger partial charge in [0.05, 0.1) is 29.4 Å². The van der Waals surface area contributed by atoms with Gasteiger partial charge in [-0.05, 0) is 26.8 Å². The lowest BCUT2D eigenvalue weighted by atomic mass is 9.93. The van der Waals surface area contributed by atoms with Crippen molar-refractivity contribution in [2.24, 2.45) is 5.41 Å². The van der Waals surface area contributed by atoms with Crippen LogP contribution in [0.25, 0.3) is 27.7 Å². The second kappa shape index (κ2) is 9.05. The third-order valence-corrected chi connectivity index (χ3v) is 6.85. The molecule has 0 unspecified atom stereocenters. The molecule has 0 radical (unpaired) electrons. The van der Waals surface area contributed by atoms with Gasteiger partial charge in [0.1, 0.15) is 0 Å². The van der Waals surface area contributed by atoms with Crippen molar-refractivity contribution in [1.29, 1.82) is 0 Å². The number of hydrogen-bond donors (Lipinski definition) is 1. The van der Waals surface area contributed by atoms with Gasteiger partial charge in [-0.1, -0.05) is 18.2 Å². The molecule has 1 fully saturated rings. The molecular formula is C27H30FN5O3. The molecule has 5 rings (SSSR count). The van der Waals surface area contributed by atoms with E-state index in [0.717, 1.165) is 54.0 Å². The van der Waals surface area contributed by atoms with Gasteiger partial charge in [-0.2, -0.15) is 0 Å². The fourth-order valence-corrected chi connectivity index (χ4v) is 4.91. The molecule has 8 nitrogen and oxygen atoms in total. The second-order valence-corrected chi connectivity index (χ2v) is 10.0. The molecule has 1 aromatic carbocycles. The summed E-state index contributed by atoms with van der Waals surface area (Å²) in [5, 5.41) is 10.4. The number of piperazine rings is 1. The number of nitrogens with zero attached hydrogens (tertiary/aromatic N) is 5. The van der Waals surface area contributed by atoms with Crippen molar-refractivity contribution in [3.8, 4) is 17.0 Å². The van der Waals surface area contributed by atoms with Crippen LogP contribution >= 0.6 is 0 Å². The lowest BCUT2D eigenvalue weighted by Gasteiger charge is -2.39. The van der Waals surface area contributed by atoms with Crippen molar-refractivity contribution in [3.05, 3.63) is 54.2 Å². The van der Waals surface area contributed by atoms with Crippen LogP contribution in [0.2, 0.25) is 0 Å². The zero-order valence-electron chi connectivity index (χ0n) is 21.0. The quantitative estimate of drug-likeness (QED) is 0.432. The molecule has 0 aliphatic carbocycles. The van der Waals surface area contributed by atoms with Crippen molar-refractivity contribution in [2.75, 3.05) is 44.7 Å². The Morgan fingerprint density at radius 2 is 1.89 bits per heavy atom. The minimum atomic E-state index is -0.798. The molecule has 1 N–H and O–H groups in total. The number of para-hydroxylation sites is 1. The van der Waals surface area contributed by atoms with Gasteiger partial charge >= 0.3 is 5.97 Å². The SMILES string of the molecule is COc1cc(N2CCN(CC(C)(C)C(=O)O)CC2)c2cccc(-c3cc(F)c4nc(C)cn4c3)c2n1. The maximum absolute atomic E-state index is 14.9. The Bertz CT molecular complexity index is 1460. The Balaban J connectivity index is 1.52. The first kappa shape index (κ1) is 24.0. The van der Waals surface area contributed by atoms with E-state index in [1.807, 2.05) is 37.4 Å². The Morgan fingerprint density at radius 3 is 2.58 bits per heavy atom. The van der Waals surface area contributed by atoms with Crippen LogP contribution in [-0.4, -0.2) is 70.2 Å². The van der Waals surface area contributed by atoms with Crippen molar-refractivity contribution in [3.63, 3.8) is 0 Å². The van der Waals surface area contributed by atoms with Gasteiger partial charge in [0.25, 0.3) is 0 Å². The number of imidazole rings is 1. The standard InChI is InChI=1S/C27H30FN5O3/c1-17-14-33-15-18(12-21(28)25(33)29-17)19-6-5-7-20-22(13-23(36-4)30-24(19)20)32-10-8-31(9-11-32)16-27(2,3)26(34)35/h5-7,12-15H,8-11,16H2,1-4H3,(H,34,35). The molecule has 0 spiro atoms. The Morgan fingerprint density at radius 1 is 1.14 bits per heavy atom. The van der Waals surface area contributed by atoms with E-state index in [2.05, 4.69) is 14.8 Å². The van der Waals surface area contributed by atoms with Crippen LogP contribution < -0.4 is 9.64 Å². The van der Waals surface area contributed by atoms with Gasteiger partial charge in [0.15, 0.2) is 11.5 Å². The average molecular weight is 492 g/mol. The maximum Gasteiger partial charge on any atom is 0.310 e. The number of carbonyl (C=O) groups is 1. The normalized spacial score (nSPS) is 15.1. The van der Waals surface area contributed by atoms with Crippen LogP contribution in [0.1, 0.15) is 19.5 Å². The van der Waals surface area contributed by atoms with Crippen molar-refractivity contribution < 1.29 is 19.0 Å². The summed E-state index contributed by atoms with van der Waals surface area (Å²) in [4.78, 5) is 25.0. The van der Waals surface area contributed by atoms with Gasteiger partial charge in [-0.15, -0.1) is 0 Å². The first-order chi connectivity index (χ1) is 17.2. The Hall–Kier alpha value is -3.72. The molecule has 3 aromatic heterocycles. The monoisotopic (exact) mass is 491 g/mol. The highest BCUT2D eigenvalue weighted by Crippen LogP contribution is 2.36. The number of carboxylic acid groups (broad SMARTS) is 1. The number of methoxy groups -OCH3 is 1. The first-order valence-electron chi connectivity index (χ1n) is 12.0. The predicted octanol–water partition coefficient (Wildman–Crippen LogP) is 4.24. The molecule has 0 bridgehead atoms. The van der Waals surface area contributed by atoms with Crippen LogP contribution in [-0.2, 0) is 4.79 Å². The third-order valence-electron chi connectivity index (χ3n) is 6.85. The number of fused-ring (bicyclic) bond motifs is 2. The number of rotatable bonds is 6. The number of aliphatic carboxylic acids is 1. The molecule has 1 saturated heterocycles. The molecule has 1 aliphatic rings. The summed E-state index contributed by atoms with van der Waals surface area (Å²) < 4.78 is 22.1. The van der Waals surface area contributed by atoms with Gasteiger partial charge in [-0.3, -0.25) is 9.69 Å². The average Bonchev–Trinajstić information content (AvgIpc) is 3.24. The van der Waals surface area contributed by atoms with Gasteiger partial charge in [0, 0.05) is 67.7 Å². The molecule has 0 amide bonds. The van der Waals surface area contributed by atoms with E-state index in [9.17, 15) is 14.3 Å².